The molecule has 0 saturated carbocycles. The summed E-state index contributed by atoms with van der Waals surface area (Å²) in [6, 6.07) is -0.215. The average Bonchev–Trinajstić information content (AvgIpc) is 2.35. The van der Waals surface area contributed by atoms with Crippen LogP contribution >= 0.6 is 11.3 Å². The summed E-state index contributed by atoms with van der Waals surface area (Å²) >= 11 is 1.48. The molecule has 1 rings (SSSR count). The molecular weight excluding hydrogens is 160 g/mol. The molecule has 0 spiro atoms. The highest BCUT2D eigenvalue weighted by Crippen LogP contribution is 2.15. The van der Waals surface area contributed by atoms with Crippen molar-refractivity contribution in [2.45, 2.75) is 19.4 Å². The summed E-state index contributed by atoms with van der Waals surface area (Å²) in [6.07, 6.45) is 2.08. The number of rotatable bonds is 3. The van der Waals surface area contributed by atoms with Crippen molar-refractivity contribution in [1.82, 2.24) is 4.98 Å². The van der Waals surface area contributed by atoms with Crippen molar-refractivity contribution >= 4 is 17.1 Å². The van der Waals surface area contributed by atoms with Gasteiger partial charge in [0, 0.05) is 18.0 Å². The molecule has 1 heterocycles. The van der Waals surface area contributed by atoms with E-state index in [1.165, 1.54) is 18.3 Å². The Morgan fingerprint density at radius 2 is 2.64 bits per heavy atom. The fourth-order valence-electron chi connectivity index (χ4n) is 0.815. The quantitative estimate of drug-likeness (QED) is 0.739. The molecule has 2 N–H and O–H groups in total. The van der Waals surface area contributed by atoms with Crippen LogP contribution < -0.4 is 5.73 Å². The van der Waals surface area contributed by atoms with Crippen molar-refractivity contribution in [1.29, 1.82) is 0 Å². The van der Waals surface area contributed by atoms with Gasteiger partial charge in [-0.2, -0.15) is 0 Å². The van der Waals surface area contributed by atoms with Gasteiger partial charge in [-0.15, -0.1) is 11.3 Å². The molecule has 60 valence electrons. The van der Waals surface area contributed by atoms with Gasteiger partial charge in [0.2, 0.25) is 0 Å². The van der Waals surface area contributed by atoms with Crippen LogP contribution in [0.2, 0.25) is 0 Å². The predicted octanol–water partition coefficient (Wildman–Crippen LogP) is 1.12. The summed E-state index contributed by atoms with van der Waals surface area (Å²) in [5, 5.41) is 2.69. The summed E-state index contributed by atoms with van der Waals surface area (Å²) in [6.45, 7) is 1.54. The van der Waals surface area contributed by atoms with Gasteiger partial charge in [-0.25, -0.2) is 4.98 Å². The zero-order chi connectivity index (χ0) is 8.27. The highest BCUT2D eigenvalue weighted by molar-refractivity contribution is 7.09. The van der Waals surface area contributed by atoms with Crippen LogP contribution in [0, 0.1) is 0 Å². The van der Waals surface area contributed by atoms with Gasteiger partial charge < -0.3 is 5.73 Å². The van der Waals surface area contributed by atoms with E-state index < -0.39 is 0 Å². The molecule has 0 aliphatic heterocycles. The van der Waals surface area contributed by atoms with Crippen molar-refractivity contribution in [3.05, 3.63) is 16.6 Å². The number of thiazole rings is 1. The number of hydrogen-bond donors (Lipinski definition) is 1. The summed E-state index contributed by atoms with van der Waals surface area (Å²) in [7, 11) is 0. The third-order valence-corrected chi connectivity index (χ3v) is 2.18. The maximum Gasteiger partial charge on any atom is 0.131 e. The van der Waals surface area contributed by atoms with Crippen LogP contribution in [-0.4, -0.2) is 10.8 Å². The second-order valence-corrected chi connectivity index (χ2v) is 3.31. The minimum absolute atomic E-state index is 0.104. The van der Waals surface area contributed by atoms with E-state index in [0.717, 1.165) is 5.01 Å². The lowest BCUT2D eigenvalue weighted by molar-refractivity contribution is -0.117. The molecular formula is C7H10N2OS. The summed E-state index contributed by atoms with van der Waals surface area (Å²) in [5.41, 5.74) is 5.67. The highest BCUT2D eigenvalue weighted by Gasteiger charge is 2.09. The van der Waals surface area contributed by atoms with Gasteiger partial charge >= 0.3 is 0 Å². The van der Waals surface area contributed by atoms with Crippen LogP contribution in [0.5, 0.6) is 0 Å². The van der Waals surface area contributed by atoms with Crippen LogP contribution in [0.15, 0.2) is 11.6 Å². The minimum atomic E-state index is -0.215. The fourth-order valence-corrected chi connectivity index (χ4v) is 1.46. The minimum Gasteiger partial charge on any atom is -0.322 e. The Morgan fingerprint density at radius 1 is 1.91 bits per heavy atom. The van der Waals surface area contributed by atoms with Crippen molar-refractivity contribution in [3.63, 3.8) is 0 Å². The number of carbonyl (C=O) groups excluding carboxylic acids is 1. The molecule has 1 atom stereocenters. The fraction of sp³-hybridized carbons (Fsp3) is 0.429. The molecule has 11 heavy (non-hydrogen) atoms. The van der Waals surface area contributed by atoms with Gasteiger partial charge in [0.1, 0.15) is 10.8 Å². The lowest BCUT2D eigenvalue weighted by atomic mass is 10.2. The lowest BCUT2D eigenvalue weighted by Gasteiger charge is -2.03. The molecule has 1 unspecified atom stereocenters. The van der Waals surface area contributed by atoms with E-state index in [9.17, 15) is 4.79 Å². The standard InChI is InChI=1S/C7H10N2OS/c1-5(10)4-6(8)7-9-2-3-11-7/h2-3,6H,4,8H2,1H3. The number of hydrogen-bond acceptors (Lipinski definition) is 4. The van der Waals surface area contributed by atoms with Crippen molar-refractivity contribution in [3.8, 4) is 0 Å². The van der Waals surface area contributed by atoms with Crippen LogP contribution in [0.4, 0.5) is 0 Å². The number of nitrogens with zero attached hydrogens (tertiary/aromatic N) is 1. The van der Waals surface area contributed by atoms with Crippen LogP contribution in [0.25, 0.3) is 0 Å². The Morgan fingerprint density at radius 3 is 3.09 bits per heavy atom. The molecule has 0 aromatic carbocycles. The smallest absolute Gasteiger partial charge is 0.131 e. The first-order chi connectivity index (χ1) is 5.20. The highest BCUT2D eigenvalue weighted by atomic mass is 32.1. The van der Waals surface area contributed by atoms with E-state index in [4.69, 9.17) is 5.73 Å². The molecule has 0 aliphatic rings. The van der Waals surface area contributed by atoms with Crippen LogP contribution in [0.3, 0.4) is 0 Å². The maximum absolute atomic E-state index is 10.6. The number of Topliss-reactive ketones (excluding diaryl/α,β-unsaturated/α-hetero) is 1. The van der Waals surface area contributed by atoms with Crippen molar-refractivity contribution in [2.75, 3.05) is 0 Å². The monoisotopic (exact) mass is 170 g/mol. The third-order valence-electron chi connectivity index (χ3n) is 1.28. The van der Waals surface area contributed by atoms with Crippen molar-refractivity contribution < 1.29 is 4.79 Å². The zero-order valence-electron chi connectivity index (χ0n) is 6.28. The Bertz CT molecular complexity index is 233. The zero-order valence-corrected chi connectivity index (χ0v) is 7.10. The first kappa shape index (κ1) is 8.36. The Hall–Kier alpha value is -0.740. The van der Waals surface area contributed by atoms with Gasteiger partial charge in [0.05, 0.1) is 6.04 Å². The topological polar surface area (TPSA) is 56.0 Å². The van der Waals surface area contributed by atoms with Crippen LogP contribution in [0.1, 0.15) is 24.4 Å². The second kappa shape index (κ2) is 3.59. The largest absolute Gasteiger partial charge is 0.322 e. The Kier molecular flexibility index (Phi) is 2.73. The van der Waals surface area contributed by atoms with E-state index in [2.05, 4.69) is 4.98 Å². The van der Waals surface area contributed by atoms with E-state index in [-0.39, 0.29) is 11.8 Å². The van der Waals surface area contributed by atoms with Gasteiger partial charge in [0.25, 0.3) is 0 Å². The van der Waals surface area contributed by atoms with Gasteiger partial charge in [0.15, 0.2) is 0 Å². The van der Waals surface area contributed by atoms with Gasteiger partial charge in [-0.05, 0) is 6.92 Å². The number of carbonyl (C=O) groups is 1. The van der Waals surface area contributed by atoms with Gasteiger partial charge in [-0.3, -0.25) is 4.79 Å². The summed E-state index contributed by atoms with van der Waals surface area (Å²) in [4.78, 5) is 14.7. The summed E-state index contributed by atoms with van der Waals surface area (Å²) < 4.78 is 0. The first-order valence-electron chi connectivity index (χ1n) is 3.34. The summed E-state index contributed by atoms with van der Waals surface area (Å²) in [5.74, 6) is 0.104. The van der Waals surface area contributed by atoms with E-state index in [1.54, 1.807) is 6.20 Å². The van der Waals surface area contributed by atoms with Crippen molar-refractivity contribution in [2.24, 2.45) is 5.73 Å². The normalized spacial score (nSPS) is 12.9. The van der Waals surface area contributed by atoms with E-state index in [1.807, 2.05) is 5.38 Å². The first-order valence-corrected chi connectivity index (χ1v) is 4.22. The SMILES string of the molecule is CC(=O)CC(N)c1nccs1. The molecule has 0 aliphatic carbocycles. The van der Waals surface area contributed by atoms with E-state index >= 15 is 0 Å². The molecule has 0 amide bonds. The number of ketones is 1. The number of nitrogens with two attached hydrogens (primary N) is 1. The predicted molar refractivity (Wildman–Crippen MR) is 44.3 cm³/mol. The maximum atomic E-state index is 10.6. The molecule has 3 nitrogen and oxygen atoms in total. The lowest BCUT2D eigenvalue weighted by Crippen LogP contribution is -2.13. The second-order valence-electron chi connectivity index (χ2n) is 2.38. The van der Waals surface area contributed by atoms with E-state index in [0.29, 0.717) is 6.42 Å². The number of aromatic nitrogens is 1. The molecule has 0 bridgehead atoms. The third kappa shape index (κ3) is 2.40. The molecule has 0 saturated heterocycles. The van der Waals surface area contributed by atoms with Crippen LogP contribution in [-0.2, 0) is 4.79 Å². The molecule has 1 aromatic heterocycles. The molecule has 4 heteroatoms. The average molecular weight is 170 g/mol. The Balaban J connectivity index is 2.56. The van der Waals surface area contributed by atoms with Gasteiger partial charge in [-0.1, -0.05) is 0 Å². The Labute approximate surface area is 69.3 Å². The molecule has 0 radical (unpaired) electrons. The molecule has 0 fully saturated rings. The molecule has 1 aromatic rings.